The third kappa shape index (κ3) is 1.55. The molecular formula is C18H21N3. The number of rotatable bonds is 0. The van der Waals surface area contributed by atoms with E-state index in [1.807, 2.05) is 12.4 Å². The number of nitrogens with zero attached hydrogens (tertiary/aromatic N) is 3. The standard InChI is InChI=1S/C18H21N3/c1-10-14-5-7-19-9-15(14)11(2)17-12(3)16-6-8-20-21(16)13(4)18(10)17/h5-13H,1-4H3. The van der Waals surface area contributed by atoms with Gasteiger partial charge in [-0.3, -0.25) is 9.67 Å². The molecule has 3 heterocycles. The first-order chi connectivity index (χ1) is 10.1. The monoisotopic (exact) mass is 279 g/mol. The van der Waals surface area contributed by atoms with Gasteiger partial charge in [0.2, 0.25) is 0 Å². The van der Waals surface area contributed by atoms with E-state index in [0.717, 1.165) is 0 Å². The number of pyridine rings is 1. The van der Waals surface area contributed by atoms with Crippen molar-refractivity contribution in [2.45, 2.75) is 51.5 Å². The van der Waals surface area contributed by atoms with Crippen LogP contribution in [0.25, 0.3) is 0 Å². The van der Waals surface area contributed by atoms with Crippen LogP contribution in [0.3, 0.4) is 0 Å². The summed E-state index contributed by atoms with van der Waals surface area (Å²) < 4.78 is 2.21. The van der Waals surface area contributed by atoms with Crippen molar-refractivity contribution in [2.24, 2.45) is 0 Å². The maximum absolute atomic E-state index is 4.56. The Morgan fingerprint density at radius 3 is 2.43 bits per heavy atom. The van der Waals surface area contributed by atoms with Crippen LogP contribution in [0.1, 0.15) is 68.3 Å². The number of hydrogen-bond acceptors (Lipinski definition) is 2. The second-order valence-electron chi connectivity index (χ2n) is 6.46. The lowest BCUT2D eigenvalue weighted by Crippen LogP contribution is -2.30. The fraction of sp³-hybridized carbons (Fsp3) is 0.444. The quantitative estimate of drug-likeness (QED) is 0.677. The van der Waals surface area contributed by atoms with Gasteiger partial charge >= 0.3 is 0 Å². The van der Waals surface area contributed by atoms with E-state index >= 15 is 0 Å². The Labute approximate surface area is 125 Å². The minimum absolute atomic E-state index is 0.347. The third-order valence-corrected chi connectivity index (χ3v) is 5.51. The molecule has 21 heavy (non-hydrogen) atoms. The molecule has 3 nitrogen and oxygen atoms in total. The van der Waals surface area contributed by atoms with Crippen LogP contribution in [0.4, 0.5) is 0 Å². The first kappa shape index (κ1) is 12.8. The normalized spacial score (nSPS) is 30.7. The summed E-state index contributed by atoms with van der Waals surface area (Å²) in [5.41, 5.74) is 7.32. The molecular weight excluding hydrogens is 258 g/mol. The van der Waals surface area contributed by atoms with Gasteiger partial charge in [-0.15, -0.1) is 0 Å². The molecule has 4 atom stereocenters. The molecule has 0 amide bonds. The Morgan fingerprint density at radius 2 is 1.62 bits per heavy atom. The Morgan fingerprint density at radius 1 is 0.857 bits per heavy atom. The average Bonchev–Trinajstić information content (AvgIpc) is 2.98. The molecule has 2 aliphatic rings. The van der Waals surface area contributed by atoms with Crippen molar-refractivity contribution in [3.05, 3.63) is 58.7 Å². The summed E-state index contributed by atoms with van der Waals surface area (Å²) in [5.74, 6) is 1.33. The highest BCUT2D eigenvalue weighted by Crippen LogP contribution is 2.53. The van der Waals surface area contributed by atoms with Gasteiger partial charge in [0, 0.05) is 42.0 Å². The minimum Gasteiger partial charge on any atom is -0.264 e. The van der Waals surface area contributed by atoms with Crippen LogP contribution in [0.15, 0.2) is 41.9 Å². The van der Waals surface area contributed by atoms with Gasteiger partial charge in [0.15, 0.2) is 0 Å². The summed E-state index contributed by atoms with van der Waals surface area (Å²) in [7, 11) is 0. The first-order valence-corrected chi connectivity index (χ1v) is 7.82. The molecule has 0 aromatic carbocycles. The van der Waals surface area contributed by atoms with Crippen molar-refractivity contribution in [2.75, 3.05) is 0 Å². The molecule has 0 bridgehead atoms. The van der Waals surface area contributed by atoms with Crippen LogP contribution < -0.4 is 0 Å². The highest BCUT2D eigenvalue weighted by atomic mass is 15.3. The van der Waals surface area contributed by atoms with Gasteiger partial charge in [-0.05, 0) is 35.8 Å². The van der Waals surface area contributed by atoms with Gasteiger partial charge in [0.05, 0.1) is 6.04 Å². The number of aromatic nitrogens is 3. The van der Waals surface area contributed by atoms with Crippen LogP contribution >= 0.6 is 0 Å². The number of fused-ring (bicyclic) bond motifs is 2. The maximum Gasteiger partial charge on any atom is 0.0712 e. The van der Waals surface area contributed by atoms with E-state index in [-0.39, 0.29) is 0 Å². The van der Waals surface area contributed by atoms with E-state index in [1.54, 1.807) is 11.1 Å². The summed E-state index contributed by atoms with van der Waals surface area (Å²) in [6, 6.07) is 4.71. The Hall–Kier alpha value is -1.90. The molecule has 0 spiro atoms. The average molecular weight is 279 g/mol. The Kier molecular flexibility index (Phi) is 2.62. The highest BCUT2D eigenvalue weighted by Gasteiger charge is 2.39. The first-order valence-electron chi connectivity index (χ1n) is 7.82. The van der Waals surface area contributed by atoms with Crippen LogP contribution in [0.5, 0.6) is 0 Å². The smallest absolute Gasteiger partial charge is 0.0712 e. The summed E-state index contributed by atoms with van der Waals surface area (Å²) >= 11 is 0. The molecule has 4 rings (SSSR count). The van der Waals surface area contributed by atoms with Crippen molar-refractivity contribution in [3.63, 3.8) is 0 Å². The molecule has 4 unspecified atom stereocenters. The lowest BCUT2D eigenvalue weighted by atomic mass is 9.67. The SMILES string of the molecule is CC1C2=C(C(C)c3ccncc31)C(C)n1nccc1C2C. The topological polar surface area (TPSA) is 30.7 Å². The van der Waals surface area contributed by atoms with Crippen LogP contribution in [-0.4, -0.2) is 14.8 Å². The predicted molar refractivity (Wildman–Crippen MR) is 83.4 cm³/mol. The Balaban J connectivity index is 1.96. The van der Waals surface area contributed by atoms with Gasteiger partial charge in [-0.1, -0.05) is 26.3 Å². The van der Waals surface area contributed by atoms with Crippen molar-refractivity contribution < 1.29 is 0 Å². The fourth-order valence-corrected chi connectivity index (χ4v) is 4.52. The fourth-order valence-electron chi connectivity index (χ4n) is 4.52. The van der Waals surface area contributed by atoms with E-state index in [2.05, 4.69) is 60.8 Å². The molecule has 0 saturated carbocycles. The van der Waals surface area contributed by atoms with Crippen molar-refractivity contribution >= 4 is 0 Å². The molecule has 0 radical (unpaired) electrons. The van der Waals surface area contributed by atoms with E-state index in [4.69, 9.17) is 0 Å². The highest BCUT2D eigenvalue weighted by molar-refractivity contribution is 5.52. The van der Waals surface area contributed by atoms with Crippen LogP contribution in [0, 0.1) is 0 Å². The van der Waals surface area contributed by atoms with Gasteiger partial charge in [-0.25, -0.2) is 0 Å². The summed E-state index contributed by atoms with van der Waals surface area (Å²) in [5, 5.41) is 4.56. The summed E-state index contributed by atoms with van der Waals surface area (Å²) in [6.07, 6.45) is 5.91. The van der Waals surface area contributed by atoms with Gasteiger partial charge in [-0.2, -0.15) is 5.10 Å². The molecule has 1 aliphatic heterocycles. The molecule has 0 saturated heterocycles. The molecule has 108 valence electrons. The van der Waals surface area contributed by atoms with E-state index < -0.39 is 0 Å². The van der Waals surface area contributed by atoms with Crippen molar-refractivity contribution in [1.82, 2.24) is 14.8 Å². The zero-order valence-corrected chi connectivity index (χ0v) is 13.0. The van der Waals surface area contributed by atoms with E-state index in [9.17, 15) is 0 Å². The second kappa shape index (κ2) is 4.30. The van der Waals surface area contributed by atoms with Crippen molar-refractivity contribution in [3.8, 4) is 0 Å². The number of hydrogen-bond donors (Lipinski definition) is 0. The largest absolute Gasteiger partial charge is 0.264 e. The predicted octanol–water partition coefficient (Wildman–Crippen LogP) is 4.17. The van der Waals surface area contributed by atoms with Gasteiger partial charge in [0.25, 0.3) is 0 Å². The van der Waals surface area contributed by atoms with Crippen LogP contribution in [0.2, 0.25) is 0 Å². The van der Waals surface area contributed by atoms with Gasteiger partial charge in [0.1, 0.15) is 0 Å². The molecule has 2 aromatic rings. The number of allylic oxidation sites excluding steroid dienone is 2. The molecule has 2 aromatic heterocycles. The van der Waals surface area contributed by atoms with Crippen LogP contribution in [-0.2, 0) is 0 Å². The molecule has 1 aliphatic carbocycles. The zero-order valence-electron chi connectivity index (χ0n) is 13.0. The lowest BCUT2D eigenvalue weighted by Gasteiger charge is -2.42. The Bertz CT molecular complexity index is 681. The maximum atomic E-state index is 4.56. The van der Waals surface area contributed by atoms with E-state index in [0.29, 0.717) is 23.8 Å². The van der Waals surface area contributed by atoms with E-state index in [1.165, 1.54) is 16.8 Å². The van der Waals surface area contributed by atoms with Gasteiger partial charge < -0.3 is 0 Å². The third-order valence-electron chi connectivity index (χ3n) is 5.51. The molecule has 0 fully saturated rings. The second-order valence-corrected chi connectivity index (χ2v) is 6.46. The lowest BCUT2D eigenvalue weighted by molar-refractivity contribution is 0.445. The van der Waals surface area contributed by atoms with Crippen molar-refractivity contribution in [1.29, 1.82) is 0 Å². The summed E-state index contributed by atoms with van der Waals surface area (Å²) in [4.78, 5) is 4.36. The minimum atomic E-state index is 0.347. The zero-order chi connectivity index (χ0) is 14.7. The summed E-state index contributed by atoms with van der Waals surface area (Å²) in [6.45, 7) is 9.27. The molecule has 0 N–H and O–H groups in total. The molecule has 3 heteroatoms.